The van der Waals surface area contributed by atoms with Gasteiger partial charge < -0.3 is 14.8 Å². The summed E-state index contributed by atoms with van der Waals surface area (Å²) in [6, 6.07) is 4.93. The summed E-state index contributed by atoms with van der Waals surface area (Å²) in [5.41, 5.74) is 4.34. The Hall–Kier alpha value is -3.00. The SMILES string of the molecule is CNc1nc(C2CCCN2C(C)=O)nc2c1CN(Cc1cn(C)c3ccc(F)cc13)CC2. The van der Waals surface area contributed by atoms with Crippen molar-refractivity contribution in [3.05, 3.63) is 52.9 Å². The van der Waals surface area contributed by atoms with Crippen LogP contribution in [0.2, 0.25) is 0 Å². The summed E-state index contributed by atoms with van der Waals surface area (Å²) in [7, 11) is 3.88. The van der Waals surface area contributed by atoms with Crippen LogP contribution < -0.4 is 5.32 Å². The predicted molar refractivity (Wildman–Crippen MR) is 122 cm³/mol. The van der Waals surface area contributed by atoms with Crippen molar-refractivity contribution in [2.45, 2.75) is 45.3 Å². The number of hydrogen-bond donors (Lipinski definition) is 1. The number of amides is 1. The van der Waals surface area contributed by atoms with E-state index in [2.05, 4.69) is 21.0 Å². The highest BCUT2D eigenvalue weighted by Gasteiger charge is 2.32. The van der Waals surface area contributed by atoms with Crippen LogP contribution in [-0.2, 0) is 31.4 Å². The third kappa shape index (κ3) is 3.62. The first kappa shape index (κ1) is 20.9. The molecule has 0 aliphatic carbocycles. The lowest BCUT2D eigenvalue weighted by Gasteiger charge is -2.30. The van der Waals surface area contributed by atoms with E-state index in [1.807, 2.05) is 25.1 Å². The van der Waals surface area contributed by atoms with E-state index in [9.17, 15) is 9.18 Å². The second kappa shape index (κ2) is 8.16. The second-order valence-corrected chi connectivity index (χ2v) is 8.86. The summed E-state index contributed by atoms with van der Waals surface area (Å²) >= 11 is 0. The van der Waals surface area contributed by atoms with Gasteiger partial charge in [0.2, 0.25) is 5.91 Å². The van der Waals surface area contributed by atoms with Crippen molar-refractivity contribution in [1.29, 1.82) is 0 Å². The highest BCUT2D eigenvalue weighted by atomic mass is 19.1. The molecule has 1 atom stereocenters. The number of fused-ring (bicyclic) bond motifs is 2. The second-order valence-electron chi connectivity index (χ2n) is 8.86. The summed E-state index contributed by atoms with van der Waals surface area (Å²) in [6.07, 6.45) is 4.81. The van der Waals surface area contributed by atoms with Crippen LogP contribution in [0.1, 0.15) is 48.5 Å². The zero-order valence-corrected chi connectivity index (χ0v) is 18.9. The predicted octanol–water partition coefficient (Wildman–Crippen LogP) is 3.39. The molecule has 1 N–H and O–H groups in total. The zero-order valence-electron chi connectivity index (χ0n) is 18.9. The highest BCUT2D eigenvalue weighted by Crippen LogP contribution is 2.33. The van der Waals surface area contributed by atoms with Crippen LogP contribution in [0.4, 0.5) is 10.2 Å². The lowest BCUT2D eigenvalue weighted by molar-refractivity contribution is -0.129. The lowest BCUT2D eigenvalue weighted by atomic mass is 10.0. The van der Waals surface area contributed by atoms with Gasteiger partial charge in [-0.25, -0.2) is 14.4 Å². The smallest absolute Gasteiger partial charge is 0.220 e. The number of nitrogens with zero attached hydrogens (tertiary/aromatic N) is 5. The number of carbonyl (C=O) groups excluding carboxylic acids is 1. The van der Waals surface area contributed by atoms with E-state index in [4.69, 9.17) is 9.97 Å². The average Bonchev–Trinajstić information content (AvgIpc) is 3.38. The summed E-state index contributed by atoms with van der Waals surface area (Å²) < 4.78 is 15.9. The monoisotopic (exact) mass is 436 g/mol. The molecular formula is C24H29FN6O. The van der Waals surface area contributed by atoms with E-state index >= 15 is 0 Å². The number of carbonyl (C=O) groups is 1. The van der Waals surface area contributed by atoms with Crippen LogP contribution in [0, 0.1) is 5.82 Å². The molecule has 1 saturated heterocycles. The minimum Gasteiger partial charge on any atom is -0.373 e. The van der Waals surface area contributed by atoms with Gasteiger partial charge >= 0.3 is 0 Å². The molecular weight excluding hydrogens is 407 g/mol. The molecule has 3 aromatic rings. The molecule has 1 fully saturated rings. The molecule has 1 unspecified atom stereocenters. The van der Waals surface area contributed by atoms with Crippen LogP contribution in [0.15, 0.2) is 24.4 Å². The molecule has 0 bridgehead atoms. The Labute approximate surface area is 187 Å². The number of hydrogen-bond acceptors (Lipinski definition) is 5. The summed E-state index contributed by atoms with van der Waals surface area (Å²) in [5.74, 6) is 1.46. The van der Waals surface area contributed by atoms with Crippen molar-refractivity contribution in [1.82, 2.24) is 24.3 Å². The number of rotatable bonds is 4. The molecule has 2 aliphatic rings. The first-order valence-corrected chi connectivity index (χ1v) is 11.2. The quantitative estimate of drug-likeness (QED) is 0.679. The maximum atomic E-state index is 13.9. The third-order valence-corrected chi connectivity index (χ3v) is 6.78. The summed E-state index contributed by atoms with van der Waals surface area (Å²) in [5, 5.41) is 4.22. The van der Waals surface area contributed by atoms with Gasteiger partial charge in [0.25, 0.3) is 0 Å². The van der Waals surface area contributed by atoms with Crippen molar-refractivity contribution < 1.29 is 9.18 Å². The van der Waals surface area contributed by atoms with Crippen molar-refractivity contribution in [2.75, 3.05) is 25.5 Å². The van der Waals surface area contributed by atoms with Crippen LogP contribution in [0.3, 0.4) is 0 Å². The molecule has 1 amide bonds. The fourth-order valence-electron chi connectivity index (χ4n) is 5.20. The van der Waals surface area contributed by atoms with Gasteiger partial charge in [-0.1, -0.05) is 0 Å². The van der Waals surface area contributed by atoms with Gasteiger partial charge in [0, 0.05) is 76.3 Å². The molecule has 0 radical (unpaired) electrons. The number of aromatic nitrogens is 3. The molecule has 0 saturated carbocycles. The first-order valence-electron chi connectivity index (χ1n) is 11.2. The summed E-state index contributed by atoms with van der Waals surface area (Å²) in [6.45, 7) is 4.74. The van der Waals surface area contributed by atoms with E-state index in [0.29, 0.717) is 0 Å². The fraction of sp³-hybridized carbons (Fsp3) is 0.458. The molecule has 168 valence electrons. The van der Waals surface area contributed by atoms with Gasteiger partial charge in [0.05, 0.1) is 11.7 Å². The number of nitrogens with one attached hydrogen (secondary N) is 1. The Morgan fingerprint density at radius 1 is 1.28 bits per heavy atom. The van der Waals surface area contributed by atoms with Gasteiger partial charge in [-0.15, -0.1) is 0 Å². The third-order valence-electron chi connectivity index (χ3n) is 6.78. The fourth-order valence-corrected chi connectivity index (χ4v) is 5.20. The largest absolute Gasteiger partial charge is 0.373 e. The maximum absolute atomic E-state index is 13.9. The standard InChI is InChI=1S/C24H29FN6O/c1-15(32)31-9-4-5-22(31)24-27-20-8-10-30(14-19(20)23(26-2)28-24)13-16-12-29(3)21-7-6-17(25)11-18(16)21/h6-7,11-12,22H,4-5,8-10,13-14H2,1-3H3,(H,26,27,28). The molecule has 5 rings (SSSR count). The Bertz CT molecular complexity index is 1170. The Morgan fingerprint density at radius 2 is 2.12 bits per heavy atom. The molecule has 1 aromatic carbocycles. The Kier molecular flexibility index (Phi) is 5.33. The number of anilines is 1. The van der Waals surface area contributed by atoms with Crippen molar-refractivity contribution in [3.63, 3.8) is 0 Å². The van der Waals surface area contributed by atoms with Gasteiger partial charge in [-0.05, 0) is 36.6 Å². The summed E-state index contributed by atoms with van der Waals surface area (Å²) in [4.78, 5) is 26.0. The highest BCUT2D eigenvalue weighted by molar-refractivity contribution is 5.84. The number of likely N-dealkylation sites (tertiary alicyclic amines) is 1. The molecule has 0 spiro atoms. The normalized spacial score (nSPS) is 18.9. The lowest BCUT2D eigenvalue weighted by Crippen LogP contribution is -2.33. The van der Waals surface area contributed by atoms with Crippen molar-refractivity contribution in [2.24, 2.45) is 7.05 Å². The maximum Gasteiger partial charge on any atom is 0.220 e. The van der Waals surface area contributed by atoms with Crippen LogP contribution in [0.5, 0.6) is 0 Å². The minimum atomic E-state index is -0.209. The first-order chi connectivity index (χ1) is 15.4. The van der Waals surface area contributed by atoms with Crippen molar-refractivity contribution in [3.8, 4) is 0 Å². The van der Waals surface area contributed by atoms with E-state index in [1.54, 1.807) is 13.0 Å². The molecule has 32 heavy (non-hydrogen) atoms. The number of aryl methyl sites for hydroxylation is 1. The van der Waals surface area contributed by atoms with E-state index in [1.165, 1.54) is 6.07 Å². The molecule has 2 aliphatic heterocycles. The van der Waals surface area contributed by atoms with E-state index in [-0.39, 0.29) is 17.8 Å². The minimum absolute atomic E-state index is 0.0338. The number of halogens is 1. The average molecular weight is 437 g/mol. The molecule has 7 nitrogen and oxygen atoms in total. The molecule has 8 heteroatoms. The van der Waals surface area contributed by atoms with Gasteiger partial charge in [-0.2, -0.15) is 0 Å². The number of benzene rings is 1. The Morgan fingerprint density at radius 3 is 2.91 bits per heavy atom. The van der Waals surface area contributed by atoms with Gasteiger partial charge in [0.1, 0.15) is 11.6 Å². The molecule has 2 aromatic heterocycles. The van der Waals surface area contributed by atoms with Gasteiger partial charge in [0.15, 0.2) is 5.82 Å². The van der Waals surface area contributed by atoms with Crippen molar-refractivity contribution >= 4 is 22.6 Å². The van der Waals surface area contributed by atoms with E-state index in [0.717, 1.165) is 84.8 Å². The van der Waals surface area contributed by atoms with E-state index < -0.39 is 0 Å². The topological polar surface area (TPSA) is 66.3 Å². The van der Waals surface area contributed by atoms with Gasteiger partial charge in [-0.3, -0.25) is 9.69 Å². The zero-order chi connectivity index (χ0) is 22.4. The molecule has 4 heterocycles. The van der Waals surface area contributed by atoms with Crippen LogP contribution in [0.25, 0.3) is 10.9 Å². The van der Waals surface area contributed by atoms with Crippen LogP contribution >= 0.6 is 0 Å². The van der Waals surface area contributed by atoms with Crippen LogP contribution in [-0.4, -0.2) is 50.4 Å². The Balaban J connectivity index is 1.42.